The van der Waals surface area contributed by atoms with Crippen LogP contribution >= 0.6 is 0 Å². The second kappa shape index (κ2) is 6.79. The molecule has 1 aromatic rings. The van der Waals surface area contributed by atoms with Gasteiger partial charge in [0, 0.05) is 37.8 Å². The summed E-state index contributed by atoms with van der Waals surface area (Å²) in [5, 5.41) is 3.19. The van der Waals surface area contributed by atoms with Gasteiger partial charge in [-0.2, -0.15) is 13.2 Å². The first-order chi connectivity index (χ1) is 10.3. The standard InChI is InChI=1S/C16H20F4N2/c1-11(2)10-14(22-8-6-21-7-9-22)12-4-3-5-13(15(12)17)16(18,19)20/h3-5,14,21H,1,6-10H2,2H3/t14-/m1/s1. The predicted molar refractivity (Wildman–Crippen MR) is 78.0 cm³/mol. The fraction of sp³-hybridized carbons (Fsp3) is 0.500. The number of hydrogen-bond acceptors (Lipinski definition) is 2. The van der Waals surface area contributed by atoms with Gasteiger partial charge in [0.05, 0.1) is 5.56 Å². The Kier molecular flexibility index (Phi) is 5.24. The smallest absolute Gasteiger partial charge is 0.314 e. The first-order valence-electron chi connectivity index (χ1n) is 7.25. The summed E-state index contributed by atoms with van der Waals surface area (Å²) in [6, 6.07) is 3.09. The molecular weight excluding hydrogens is 296 g/mol. The van der Waals surface area contributed by atoms with Crippen molar-refractivity contribution in [2.24, 2.45) is 0 Å². The Morgan fingerprint density at radius 2 is 1.95 bits per heavy atom. The minimum Gasteiger partial charge on any atom is -0.314 e. The summed E-state index contributed by atoms with van der Waals surface area (Å²) in [7, 11) is 0. The molecule has 122 valence electrons. The molecule has 1 aliphatic rings. The summed E-state index contributed by atoms with van der Waals surface area (Å²) in [5.74, 6) is -1.17. The Labute approximate surface area is 127 Å². The number of piperazine rings is 1. The average molecular weight is 316 g/mol. The number of alkyl halides is 3. The van der Waals surface area contributed by atoms with Crippen LogP contribution in [0.1, 0.15) is 30.5 Å². The molecule has 2 rings (SSSR count). The van der Waals surface area contributed by atoms with E-state index in [0.29, 0.717) is 19.5 Å². The minimum atomic E-state index is -4.68. The van der Waals surface area contributed by atoms with E-state index in [1.807, 2.05) is 4.90 Å². The van der Waals surface area contributed by atoms with Crippen LogP contribution in [0.2, 0.25) is 0 Å². The zero-order valence-electron chi connectivity index (χ0n) is 12.5. The highest BCUT2D eigenvalue weighted by atomic mass is 19.4. The van der Waals surface area contributed by atoms with Gasteiger partial charge >= 0.3 is 6.18 Å². The summed E-state index contributed by atoms with van der Waals surface area (Å²) < 4.78 is 53.2. The number of nitrogens with one attached hydrogen (secondary N) is 1. The molecule has 0 aromatic heterocycles. The van der Waals surface area contributed by atoms with E-state index in [9.17, 15) is 17.6 Å². The van der Waals surface area contributed by atoms with Crippen molar-refractivity contribution in [2.75, 3.05) is 26.2 Å². The van der Waals surface area contributed by atoms with Gasteiger partial charge in [0.25, 0.3) is 0 Å². The van der Waals surface area contributed by atoms with Gasteiger partial charge in [0.15, 0.2) is 0 Å². The van der Waals surface area contributed by atoms with Gasteiger partial charge < -0.3 is 5.32 Å². The number of benzene rings is 1. The van der Waals surface area contributed by atoms with Gasteiger partial charge in [0.1, 0.15) is 5.82 Å². The van der Waals surface area contributed by atoms with E-state index < -0.39 is 23.6 Å². The topological polar surface area (TPSA) is 15.3 Å². The highest BCUT2D eigenvalue weighted by molar-refractivity contribution is 5.31. The quantitative estimate of drug-likeness (QED) is 0.672. The van der Waals surface area contributed by atoms with Crippen LogP contribution in [0.3, 0.4) is 0 Å². The molecule has 0 saturated carbocycles. The lowest BCUT2D eigenvalue weighted by molar-refractivity contribution is -0.140. The first-order valence-corrected chi connectivity index (χ1v) is 7.25. The van der Waals surface area contributed by atoms with Crippen LogP contribution in [0.5, 0.6) is 0 Å². The molecule has 1 N–H and O–H groups in total. The maximum Gasteiger partial charge on any atom is 0.419 e. The maximum absolute atomic E-state index is 14.4. The number of halogens is 4. The molecule has 0 aliphatic carbocycles. The summed E-state index contributed by atoms with van der Waals surface area (Å²) in [5.41, 5.74) is -0.285. The molecule has 22 heavy (non-hydrogen) atoms. The molecule has 1 atom stereocenters. The van der Waals surface area contributed by atoms with Crippen molar-refractivity contribution in [1.82, 2.24) is 10.2 Å². The Balaban J connectivity index is 2.40. The molecule has 0 spiro atoms. The van der Waals surface area contributed by atoms with Crippen molar-refractivity contribution >= 4 is 0 Å². The molecular formula is C16H20F4N2. The molecule has 6 heteroatoms. The van der Waals surface area contributed by atoms with Gasteiger partial charge in [0.2, 0.25) is 0 Å². The lowest BCUT2D eigenvalue weighted by Gasteiger charge is -2.36. The molecule has 1 heterocycles. The highest BCUT2D eigenvalue weighted by Crippen LogP contribution is 2.36. The third kappa shape index (κ3) is 3.87. The summed E-state index contributed by atoms with van der Waals surface area (Å²) in [4.78, 5) is 2.02. The first kappa shape index (κ1) is 17.0. The SMILES string of the molecule is C=C(C)C[C@H](c1cccc(C(F)(F)F)c1F)N1CCNCC1. The molecule has 1 aliphatic heterocycles. The van der Waals surface area contributed by atoms with Crippen LogP contribution in [-0.2, 0) is 6.18 Å². The van der Waals surface area contributed by atoms with E-state index in [2.05, 4.69) is 11.9 Å². The molecule has 1 aromatic carbocycles. The van der Waals surface area contributed by atoms with Crippen molar-refractivity contribution in [3.63, 3.8) is 0 Å². The molecule has 1 fully saturated rings. The fourth-order valence-corrected chi connectivity index (χ4v) is 2.79. The van der Waals surface area contributed by atoms with Crippen molar-refractivity contribution < 1.29 is 17.6 Å². The molecule has 1 saturated heterocycles. The summed E-state index contributed by atoms with van der Waals surface area (Å²) >= 11 is 0. The Morgan fingerprint density at radius 3 is 2.50 bits per heavy atom. The van der Waals surface area contributed by atoms with Crippen LogP contribution in [0.4, 0.5) is 17.6 Å². The van der Waals surface area contributed by atoms with Crippen LogP contribution in [0.25, 0.3) is 0 Å². The highest BCUT2D eigenvalue weighted by Gasteiger charge is 2.36. The Bertz CT molecular complexity index is 533. The van der Waals surface area contributed by atoms with Crippen molar-refractivity contribution in [3.05, 3.63) is 47.3 Å². The molecule has 0 radical (unpaired) electrons. The normalized spacial score (nSPS) is 18.2. The van der Waals surface area contributed by atoms with Crippen LogP contribution in [0, 0.1) is 5.82 Å². The van der Waals surface area contributed by atoms with Gasteiger partial charge in [-0.15, -0.1) is 6.58 Å². The van der Waals surface area contributed by atoms with Gasteiger partial charge in [-0.25, -0.2) is 4.39 Å². The summed E-state index contributed by atoms with van der Waals surface area (Å²) in [6.45, 7) is 8.47. The number of nitrogens with zero attached hydrogens (tertiary/aromatic N) is 1. The lowest BCUT2D eigenvalue weighted by Crippen LogP contribution is -2.45. The predicted octanol–water partition coefficient (Wildman–Crippen LogP) is 3.76. The second-order valence-corrected chi connectivity index (χ2v) is 5.67. The Hall–Kier alpha value is -1.40. The van der Waals surface area contributed by atoms with E-state index >= 15 is 0 Å². The maximum atomic E-state index is 14.4. The molecule has 0 amide bonds. The Morgan fingerprint density at radius 1 is 1.32 bits per heavy atom. The van der Waals surface area contributed by atoms with Crippen LogP contribution < -0.4 is 5.32 Å². The third-order valence-electron chi connectivity index (χ3n) is 3.83. The zero-order chi connectivity index (χ0) is 16.3. The third-order valence-corrected chi connectivity index (χ3v) is 3.83. The lowest BCUT2D eigenvalue weighted by atomic mass is 9.95. The van der Waals surface area contributed by atoms with Gasteiger partial charge in [-0.05, 0) is 19.4 Å². The molecule has 0 bridgehead atoms. The molecule has 0 unspecified atom stereocenters. The number of rotatable bonds is 4. The van der Waals surface area contributed by atoms with Crippen LogP contribution in [-0.4, -0.2) is 31.1 Å². The van der Waals surface area contributed by atoms with E-state index in [4.69, 9.17) is 0 Å². The fourth-order valence-electron chi connectivity index (χ4n) is 2.79. The van der Waals surface area contributed by atoms with E-state index in [1.54, 1.807) is 6.92 Å². The number of hydrogen-bond donors (Lipinski definition) is 1. The van der Waals surface area contributed by atoms with E-state index in [1.165, 1.54) is 12.1 Å². The summed E-state index contributed by atoms with van der Waals surface area (Å²) in [6.07, 6.45) is -4.24. The average Bonchev–Trinajstić information content (AvgIpc) is 2.45. The largest absolute Gasteiger partial charge is 0.419 e. The van der Waals surface area contributed by atoms with E-state index in [0.717, 1.165) is 24.7 Å². The van der Waals surface area contributed by atoms with Crippen molar-refractivity contribution in [3.8, 4) is 0 Å². The van der Waals surface area contributed by atoms with Gasteiger partial charge in [-0.1, -0.05) is 17.7 Å². The van der Waals surface area contributed by atoms with Crippen molar-refractivity contribution in [2.45, 2.75) is 25.6 Å². The monoisotopic (exact) mass is 316 g/mol. The van der Waals surface area contributed by atoms with Gasteiger partial charge in [-0.3, -0.25) is 4.90 Å². The van der Waals surface area contributed by atoms with Crippen molar-refractivity contribution in [1.29, 1.82) is 0 Å². The molecule has 2 nitrogen and oxygen atoms in total. The minimum absolute atomic E-state index is 0.0970. The second-order valence-electron chi connectivity index (χ2n) is 5.67. The van der Waals surface area contributed by atoms with E-state index in [-0.39, 0.29) is 5.56 Å². The zero-order valence-corrected chi connectivity index (χ0v) is 12.5. The van der Waals surface area contributed by atoms with Crippen LogP contribution in [0.15, 0.2) is 30.4 Å².